The maximum absolute atomic E-state index is 4.44. The summed E-state index contributed by atoms with van der Waals surface area (Å²) in [5, 5.41) is 8.06. The number of nitrogens with one attached hydrogen (secondary N) is 1. The second-order valence-electron chi connectivity index (χ2n) is 6.23. The molecule has 3 nitrogen and oxygen atoms in total. The Morgan fingerprint density at radius 2 is 2.18 bits per heavy atom. The van der Waals surface area contributed by atoms with Crippen molar-refractivity contribution in [2.75, 3.05) is 6.54 Å². The lowest BCUT2D eigenvalue weighted by molar-refractivity contribution is 0.390. The van der Waals surface area contributed by atoms with E-state index in [2.05, 4.69) is 42.9 Å². The third-order valence-corrected chi connectivity index (χ3v) is 3.72. The molecule has 0 spiro atoms. The van der Waals surface area contributed by atoms with Gasteiger partial charge in [0.15, 0.2) is 0 Å². The molecule has 0 aromatic carbocycles. The molecule has 17 heavy (non-hydrogen) atoms. The van der Waals surface area contributed by atoms with Gasteiger partial charge in [-0.3, -0.25) is 4.68 Å². The molecule has 1 unspecified atom stereocenters. The summed E-state index contributed by atoms with van der Waals surface area (Å²) in [5.74, 6) is 0. The number of aryl methyl sites for hydroxylation is 1. The Hall–Kier alpha value is -0.830. The van der Waals surface area contributed by atoms with Gasteiger partial charge in [0.05, 0.1) is 6.20 Å². The van der Waals surface area contributed by atoms with Crippen molar-refractivity contribution in [3.8, 4) is 0 Å². The molecule has 0 amide bonds. The maximum atomic E-state index is 4.44. The van der Waals surface area contributed by atoms with E-state index in [0.717, 1.165) is 6.42 Å². The molecule has 3 heteroatoms. The maximum Gasteiger partial charge on any atom is 0.0529 e. The van der Waals surface area contributed by atoms with Crippen molar-refractivity contribution in [1.82, 2.24) is 15.1 Å². The predicted molar refractivity (Wildman–Crippen MR) is 71.3 cm³/mol. The van der Waals surface area contributed by atoms with E-state index in [1.54, 1.807) is 0 Å². The third kappa shape index (κ3) is 2.89. The Kier molecular flexibility index (Phi) is 3.57. The van der Waals surface area contributed by atoms with E-state index in [1.165, 1.54) is 37.1 Å². The van der Waals surface area contributed by atoms with Crippen molar-refractivity contribution in [3.05, 3.63) is 17.5 Å². The molecule has 0 radical (unpaired) electrons. The zero-order chi connectivity index (χ0) is 12.5. The van der Waals surface area contributed by atoms with Crippen molar-refractivity contribution in [3.63, 3.8) is 0 Å². The zero-order valence-electron chi connectivity index (χ0n) is 11.6. The molecule has 1 fully saturated rings. The van der Waals surface area contributed by atoms with Crippen molar-refractivity contribution in [2.24, 2.45) is 7.05 Å². The van der Waals surface area contributed by atoms with Gasteiger partial charge in [0, 0.05) is 25.2 Å². The molecule has 0 saturated carbocycles. The van der Waals surface area contributed by atoms with Crippen molar-refractivity contribution < 1.29 is 0 Å². The standard InChI is InChI=1S/C14H25N3/c1-14(2,3)12-10-16-17(4)13(12)9-11-7-5-6-8-15-11/h10-11,15H,5-9H2,1-4H3. The van der Waals surface area contributed by atoms with Gasteiger partial charge in [-0.05, 0) is 30.4 Å². The van der Waals surface area contributed by atoms with Gasteiger partial charge in [0.1, 0.15) is 0 Å². The summed E-state index contributed by atoms with van der Waals surface area (Å²) in [6.45, 7) is 7.97. The SMILES string of the molecule is Cn1ncc(C(C)(C)C)c1CC1CCCCN1. The van der Waals surface area contributed by atoms with Crippen LogP contribution in [0.4, 0.5) is 0 Å². The summed E-state index contributed by atoms with van der Waals surface area (Å²) < 4.78 is 2.05. The normalized spacial score (nSPS) is 21.8. The van der Waals surface area contributed by atoms with E-state index in [4.69, 9.17) is 0 Å². The summed E-state index contributed by atoms with van der Waals surface area (Å²) in [6, 6.07) is 0.639. The first-order valence-corrected chi connectivity index (χ1v) is 6.73. The Morgan fingerprint density at radius 3 is 2.76 bits per heavy atom. The molecular weight excluding hydrogens is 210 g/mol. The molecule has 0 bridgehead atoms. The minimum atomic E-state index is 0.193. The molecule has 2 rings (SSSR count). The smallest absolute Gasteiger partial charge is 0.0529 e. The van der Waals surface area contributed by atoms with Gasteiger partial charge < -0.3 is 5.32 Å². The number of aromatic nitrogens is 2. The van der Waals surface area contributed by atoms with Gasteiger partial charge in [-0.15, -0.1) is 0 Å². The summed E-state index contributed by atoms with van der Waals surface area (Å²) in [7, 11) is 2.06. The van der Waals surface area contributed by atoms with Crippen molar-refractivity contribution >= 4 is 0 Å². The molecule has 96 valence electrons. The van der Waals surface area contributed by atoms with Gasteiger partial charge in [0.25, 0.3) is 0 Å². The lowest BCUT2D eigenvalue weighted by Gasteiger charge is -2.26. The van der Waals surface area contributed by atoms with Crippen LogP contribution in [0.5, 0.6) is 0 Å². The average molecular weight is 235 g/mol. The van der Waals surface area contributed by atoms with Crippen molar-refractivity contribution in [1.29, 1.82) is 0 Å². The molecule has 2 heterocycles. The van der Waals surface area contributed by atoms with E-state index in [9.17, 15) is 0 Å². The molecule has 1 aliphatic heterocycles. The largest absolute Gasteiger partial charge is 0.314 e. The second-order valence-corrected chi connectivity index (χ2v) is 6.23. The first-order valence-electron chi connectivity index (χ1n) is 6.73. The van der Waals surface area contributed by atoms with Crippen LogP contribution in [0.25, 0.3) is 0 Å². The molecule has 1 aromatic rings. The molecule has 0 aliphatic carbocycles. The molecule has 1 saturated heterocycles. The van der Waals surface area contributed by atoms with E-state index in [1.807, 2.05) is 6.20 Å². The van der Waals surface area contributed by atoms with Crippen LogP contribution in [-0.2, 0) is 18.9 Å². The highest BCUT2D eigenvalue weighted by atomic mass is 15.3. The van der Waals surface area contributed by atoms with Gasteiger partial charge in [-0.2, -0.15) is 5.10 Å². The Bertz CT molecular complexity index is 367. The summed E-state index contributed by atoms with van der Waals surface area (Å²) >= 11 is 0. The fourth-order valence-electron chi connectivity index (χ4n) is 2.66. The van der Waals surface area contributed by atoms with Crippen LogP contribution in [0.1, 0.15) is 51.3 Å². The van der Waals surface area contributed by atoms with Crippen LogP contribution in [-0.4, -0.2) is 22.4 Å². The quantitative estimate of drug-likeness (QED) is 0.853. The average Bonchev–Trinajstić information content (AvgIpc) is 2.62. The molecule has 1 aliphatic rings. The van der Waals surface area contributed by atoms with Crippen molar-refractivity contribution in [2.45, 2.75) is 57.9 Å². The Labute approximate surface area is 105 Å². The highest BCUT2D eigenvalue weighted by Crippen LogP contribution is 2.27. The van der Waals surface area contributed by atoms with E-state index >= 15 is 0 Å². The van der Waals surface area contributed by atoms with Gasteiger partial charge >= 0.3 is 0 Å². The zero-order valence-corrected chi connectivity index (χ0v) is 11.6. The number of piperidine rings is 1. The lowest BCUT2D eigenvalue weighted by Crippen LogP contribution is -2.36. The Balaban J connectivity index is 2.16. The van der Waals surface area contributed by atoms with E-state index in [-0.39, 0.29) is 5.41 Å². The summed E-state index contributed by atoms with van der Waals surface area (Å²) in [5.41, 5.74) is 2.99. The van der Waals surface area contributed by atoms with E-state index in [0.29, 0.717) is 6.04 Å². The van der Waals surface area contributed by atoms with Crippen LogP contribution in [0, 0.1) is 0 Å². The highest BCUT2D eigenvalue weighted by molar-refractivity contribution is 5.26. The van der Waals surface area contributed by atoms with Crippen LogP contribution >= 0.6 is 0 Å². The van der Waals surface area contributed by atoms with E-state index < -0.39 is 0 Å². The van der Waals surface area contributed by atoms with Gasteiger partial charge in [-0.25, -0.2) is 0 Å². The minimum Gasteiger partial charge on any atom is -0.314 e. The monoisotopic (exact) mass is 235 g/mol. The molecular formula is C14H25N3. The van der Waals surface area contributed by atoms with Crippen LogP contribution < -0.4 is 5.32 Å². The molecule has 1 N–H and O–H groups in total. The first kappa shape index (κ1) is 12.6. The lowest BCUT2D eigenvalue weighted by atomic mass is 9.85. The fraction of sp³-hybridized carbons (Fsp3) is 0.786. The molecule has 1 aromatic heterocycles. The second kappa shape index (κ2) is 4.81. The van der Waals surface area contributed by atoms with Gasteiger partial charge in [0.2, 0.25) is 0 Å². The minimum absolute atomic E-state index is 0.193. The topological polar surface area (TPSA) is 29.9 Å². The summed E-state index contributed by atoms with van der Waals surface area (Å²) in [6.07, 6.45) is 7.14. The van der Waals surface area contributed by atoms with Crippen LogP contribution in [0.15, 0.2) is 6.20 Å². The van der Waals surface area contributed by atoms with Crippen LogP contribution in [0.2, 0.25) is 0 Å². The number of hydrogen-bond donors (Lipinski definition) is 1. The number of rotatable bonds is 2. The predicted octanol–water partition coefficient (Wildman–Crippen LogP) is 2.40. The third-order valence-electron chi connectivity index (χ3n) is 3.72. The molecule has 1 atom stereocenters. The first-order chi connectivity index (χ1) is 7.98. The summed E-state index contributed by atoms with van der Waals surface area (Å²) in [4.78, 5) is 0. The number of nitrogens with zero attached hydrogens (tertiary/aromatic N) is 2. The van der Waals surface area contributed by atoms with Crippen LogP contribution in [0.3, 0.4) is 0 Å². The highest BCUT2D eigenvalue weighted by Gasteiger charge is 2.24. The number of hydrogen-bond acceptors (Lipinski definition) is 2. The Morgan fingerprint density at radius 1 is 1.41 bits per heavy atom. The van der Waals surface area contributed by atoms with Gasteiger partial charge in [-0.1, -0.05) is 27.2 Å². The fourth-order valence-corrected chi connectivity index (χ4v) is 2.66.